The largest absolute Gasteiger partial charge is 0.394 e. The number of nitrogens with one attached hydrogen (secondary N) is 1. The van der Waals surface area contributed by atoms with Crippen LogP contribution in [-0.4, -0.2) is 87.5 Å². The minimum atomic E-state index is -1.55. The predicted octanol–water partition coefficient (Wildman–Crippen LogP) is 9.73. The van der Waals surface area contributed by atoms with Gasteiger partial charge in [-0.3, -0.25) is 4.79 Å². The highest BCUT2D eigenvalue weighted by atomic mass is 16.7. The van der Waals surface area contributed by atoms with E-state index in [-0.39, 0.29) is 12.5 Å². The van der Waals surface area contributed by atoms with Gasteiger partial charge in [-0.2, -0.15) is 0 Å². The number of ether oxygens (including phenoxy) is 2. The van der Waals surface area contributed by atoms with E-state index in [1.165, 1.54) is 141 Å². The number of carbonyl (C=O) groups is 1. The molecule has 0 aliphatic carbocycles. The van der Waals surface area contributed by atoms with E-state index >= 15 is 0 Å². The van der Waals surface area contributed by atoms with Crippen molar-refractivity contribution in [2.24, 2.45) is 0 Å². The van der Waals surface area contributed by atoms with Gasteiger partial charge in [0.05, 0.1) is 25.4 Å². The molecule has 9 nitrogen and oxygen atoms in total. The molecular formula is C46H89NO8. The zero-order valence-electron chi connectivity index (χ0n) is 35.7. The molecule has 1 aliphatic heterocycles. The molecule has 6 N–H and O–H groups in total. The van der Waals surface area contributed by atoms with E-state index < -0.39 is 49.5 Å². The number of hydrogen-bond donors (Lipinski definition) is 6. The summed E-state index contributed by atoms with van der Waals surface area (Å²) in [4.78, 5) is 13.0. The second kappa shape index (κ2) is 37.2. The van der Waals surface area contributed by atoms with Crippen molar-refractivity contribution in [1.29, 1.82) is 0 Å². The minimum absolute atomic E-state index is 0.138. The lowest BCUT2D eigenvalue weighted by molar-refractivity contribution is -0.302. The SMILES string of the molecule is CCCCCCCC/C=C\CCCCCCCC(=O)NC(COC1OC(CO)C(O)C(O)C1O)C(O)CCCCCCCCCCCCCCCCCCC. The molecule has 7 unspecified atom stereocenters. The van der Waals surface area contributed by atoms with Crippen LogP contribution in [0.15, 0.2) is 12.2 Å². The molecule has 0 aromatic heterocycles. The van der Waals surface area contributed by atoms with Crippen LogP contribution >= 0.6 is 0 Å². The third-order valence-corrected chi connectivity index (χ3v) is 11.4. The zero-order chi connectivity index (χ0) is 40.2. The summed E-state index contributed by atoms with van der Waals surface area (Å²) in [6, 6.07) is -0.718. The molecule has 7 atom stereocenters. The molecule has 0 aromatic rings. The van der Waals surface area contributed by atoms with Gasteiger partial charge in [-0.15, -0.1) is 0 Å². The van der Waals surface area contributed by atoms with E-state index in [1.54, 1.807) is 0 Å². The second-order valence-corrected chi connectivity index (χ2v) is 16.6. The van der Waals surface area contributed by atoms with Crippen LogP contribution in [0.5, 0.6) is 0 Å². The first-order chi connectivity index (χ1) is 26.8. The predicted molar refractivity (Wildman–Crippen MR) is 226 cm³/mol. The Bertz CT molecular complexity index is 873. The first-order valence-corrected chi connectivity index (χ1v) is 23.4. The molecule has 9 heteroatoms. The van der Waals surface area contributed by atoms with Crippen LogP contribution in [0, 0.1) is 0 Å². The molecule has 0 radical (unpaired) electrons. The van der Waals surface area contributed by atoms with Gasteiger partial charge in [-0.25, -0.2) is 0 Å². The summed E-state index contributed by atoms with van der Waals surface area (Å²) < 4.78 is 11.3. The lowest BCUT2D eigenvalue weighted by Crippen LogP contribution is -2.60. The van der Waals surface area contributed by atoms with Crippen molar-refractivity contribution in [3.8, 4) is 0 Å². The summed E-state index contributed by atoms with van der Waals surface area (Å²) in [6.07, 6.45) is 35.0. The van der Waals surface area contributed by atoms with Gasteiger partial charge in [-0.1, -0.05) is 187 Å². The summed E-state index contributed by atoms with van der Waals surface area (Å²) in [6.45, 7) is 3.83. The number of aliphatic hydroxyl groups excluding tert-OH is 5. The molecule has 1 heterocycles. The normalized spacial score (nSPS) is 21.3. The molecule has 1 amide bonds. The van der Waals surface area contributed by atoms with Crippen molar-refractivity contribution in [1.82, 2.24) is 5.32 Å². The molecule has 0 aromatic carbocycles. The van der Waals surface area contributed by atoms with E-state index in [0.29, 0.717) is 12.8 Å². The van der Waals surface area contributed by atoms with Gasteiger partial charge >= 0.3 is 0 Å². The van der Waals surface area contributed by atoms with Crippen LogP contribution in [0.2, 0.25) is 0 Å². The quantitative estimate of drug-likeness (QED) is 0.0267. The summed E-state index contributed by atoms with van der Waals surface area (Å²) >= 11 is 0. The van der Waals surface area contributed by atoms with Crippen molar-refractivity contribution in [3.05, 3.63) is 12.2 Å². The standard InChI is InChI=1S/C46H89NO8/c1-3-5-7-9-11-13-15-17-19-20-22-23-25-27-29-31-33-35-40(49)39(38-54-46-45(53)44(52)43(51)41(37-48)55-46)47-42(50)36-34-32-30-28-26-24-21-18-16-14-12-10-8-6-4-2/h18,21,39-41,43-46,48-49,51-53H,3-17,19-20,22-38H2,1-2H3,(H,47,50)/b21-18-. The highest BCUT2D eigenvalue weighted by Crippen LogP contribution is 2.23. The van der Waals surface area contributed by atoms with Gasteiger partial charge in [-0.05, 0) is 38.5 Å². The van der Waals surface area contributed by atoms with Crippen molar-refractivity contribution in [2.45, 2.75) is 262 Å². The number of amides is 1. The van der Waals surface area contributed by atoms with E-state index in [4.69, 9.17) is 9.47 Å². The van der Waals surface area contributed by atoms with Crippen LogP contribution in [0.3, 0.4) is 0 Å². The maximum atomic E-state index is 13.0. The number of aliphatic hydroxyl groups is 5. The number of hydrogen-bond acceptors (Lipinski definition) is 8. The van der Waals surface area contributed by atoms with Gasteiger partial charge in [0.15, 0.2) is 6.29 Å². The number of allylic oxidation sites excluding steroid dienone is 2. The molecule has 0 bridgehead atoms. The van der Waals surface area contributed by atoms with Crippen molar-refractivity contribution in [2.75, 3.05) is 13.2 Å². The third-order valence-electron chi connectivity index (χ3n) is 11.4. The molecule has 55 heavy (non-hydrogen) atoms. The maximum absolute atomic E-state index is 13.0. The van der Waals surface area contributed by atoms with Crippen LogP contribution in [-0.2, 0) is 14.3 Å². The first-order valence-electron chi connectivity index (χ1n) is 23.4. The lowest BCUT2D eigenvalue weighted by atomic mass is 9.99. The van der Waals surface area contributed by atoms with Gasteiger partial charge in [0.25, 0.3) is 0 Å². The Morgan fingerprint density at radius 3 is 1.47 bits per heavy atom. The molecule has 1 aliphatic rings. The fourth-order valence-electron chi connectivity index (χ4n) is 7.57. The highest BCUT2D eigenvalue weighted by molar-refractivity contribution is 5.76. The van der Waals surface area contributed by atoms with E-state index in [1.807, 2.05) is 0 Å². The van der Waals surface area contributed by atoms with Crippen LogP contribution < -0.4 is 5.32 Å². The Balaban J connectivity index is 2.33. The van der Waals surface area contributed by atoms with Crippen molar-refractivity contribution >= 4 is 5.91 Å². The Hall–Kier alpha value is -1.07. The molecule has 1 rings (SSSR count). The van der Waals surface area contributed by atoms with Gasteiger partial charge in [0, 0.05) is 6.42 Å². The minimum Gasteiger partial charge on any atom is -0.394 e. The first kappa shape index (κ1) is 51.9. The molecule has 1 fully saturated rings. The Morgan fingerprint density at radius 1 is 0.600 bits per heavy atom. The summed E-state index contributed by atoms with van der Waals surface area (Å²) in [7, 11) is 0. The molecule has 326 valence electrons. The average Bonchev–Trinajstić information content (AvgIpc) is 3.18. The highest BCUT2D eigenvalue weighted by Gasteiger charge is 2.44. The Morgan fingerprint density at radius 2 is 1.02 bits per heavy atom. The van der Waals surface area contributed by atoms with E-state index in [2.05, 4.69) is 31.3 Å². The van der Waals surface area contributed by atoms with Gasteiger partial charge < -0.3 is 40.3 Å². The van der Waals surface area contributed by atoms with Crippen LogP contribution in [0.4, 0.5) is 0 Å². The van der Waals surface area contributed by atoms with E-state index in [0.717, 1.165) is 51.4 Å². The van der Waals surface area contributed by atoms with Gasteiger partial charge in [0.2, 0.25) is 5.91 Å². The molecule has 1 saturated heterocycles. The molecular weight excluding hydrogens is 695 g/mol. The molecule has 0 spiro atoms. The second-order valence-electron chi connectivity index (χ2n) is 16.6. The zero-order valence-corrected chi connectivity index (χ0v) is 35.7. The number of carbonyl (C=O) groups excluding carboxylic acids is 1. The van der Waals surface area contributed by atoms with Crippen LogP contribution in [0.25, 0.3) is 0 Å². The lowest BCUT2D eigenvalue weighted by Gasteiger charge is -2.40. The maximum Gasteiger partial charge on any atom is 0.220 e. The summed E-state index contributed by atoms with van der Waals surface area (Å²) in [5.41, 5.74) is 0. The fraction of sp³-hybridized carbons (Fsp3) is 0.935. The topological polar surface area (TPSA) is 149 Å². The monoisotopic (exact) mass is 784 g/mol. The number of rotatable bonds is 39. The fourth-order valence-corrected chi connectivity index (χ4v) is 7.57. The van der Waals surface area contributed by atoms with E-state index in [9.17, 15) is 30.3 Å². The summed E-state index contributed by atoms with van der Waals surface area (Å²) in [5, 5.41) is 54.3. The molecule has 0 saturated carbocycles. The Labute approximate surface area is 337 Å². The third kappa shape index (κ3) is 28.1. The average molecular weight is 784 g/mol. The number of unbranched alkanes of at least 4 members (excludes halogenated alkanes) is 27. The van der Waals surface area contributed by atoms with Crippen molar-refractivity contribution < 1.29 is 39.8 Å². The smallest absolute Gasteiger partial charge is 0.220 e. The van der Waals surface area contributed by atoms with Gasteiger partial charge in [0.1, 0.15) is 24.4 Å². The summed E-state index contributed by atoms with van der Waals surface area (Å²) in [5.74, 6) is -0.151. The van der Waals surface area contributed by atoms with Crippen molar-refractivity contribution in [3.63, 3.8) is 0 Å². The van der Waals surface area contributed by atoms with Crippen LogP contribution in [0.1, 0.15) is 219 Å². The Kier molecular flexibility index (Phi) is 35.2.